The van der Waals surface area contributed by atoms with Crippen LogP contribution in [0.3, 0.4) is 0 Å². The summed E-state index contributed by atoms with van der Waals surface area (Å²) in [6, 6.07) is 12.7. The minimum atomic E-state index is -0.816. The number of carbonyl (C=O) groups is 1. The maximum atomic E-state index is 12.1. The van der Waals surface area contributed by atoms with Gasteiger partial charge in [-0.1, -0.05) is 41.1 Å². The molecule has 3 aromatic rings. The van der Waals surface area contributed by atoms with Crippen molar-refractivity contribution >= 4 is 40.1 Å². The first-order valence-electron chi connectivity index (χ1n) is 11.9. The minimum Gasteiger partial charge on any atom is -0.497 e. The van der Waals surface area contributed by atoms with Crippen molar-refractivity contribution in [2.45, 2.75) is 25.4 Å². The van der Waals surface area contributed by atoms with E-state index in [2.05, 4.69) is 21.7 Å². The van der Waals surface area contributed by atoms with Crippen LogP contribution in [0.15, 0.2) is 48.7 Å². The van der Waals surface area contributed by atoms with Crippen molar-refractivity contribution < 1.29 is 19.7 Å². The average Bonchev–Trinajstić information content (AvgIpc) is 2.89. The number of pyridine rings is 1. The lowest BCUT2D eigenvalue weighted by Crippen LogP contribution is -2.44. The highest BCUT2D eigenvalue weighted by Gasteiger charge is 2.34. The second kappa shape index (κ2) is 11.9. The smallest absolute Gasteiger partial charge is 0.308 e. The molecule has 2 aromatic carbocycles. The molecular weight excluding hydrogens is 499 g/mol. The Hall–Kier alpha value is -2.82. The van der Waals surface area contributed by atoms with E-state index in [4.69, 9.17) is 27.9 Å². The Morgan fingerprint density at radius 3 is 2.89 bits per heavy atom. The zero-order valence-corrected chi connectivity index (χ0v) is 21.5. The Kier molecular flexibility index (Phi) is 8.71. The molecule has 188 valence electrons. The van der Waals surface area contributed by atoms with Crippen LogP contribution < -0.4 is 4.74 Å². The van der Waals surface area contributed by atoms with Gasteiger partial charge in [0.25, 0.3) is 0 Å². The number of fused-ring (bicyclic) bond motifs is 1. The third-order valence-corrected chi connectivity index (χ3v) is 7.61. The van der Waals surface area contributed by atoms with Gasteiger partial charge in [0.05, 0.1) is 41.2 Å². The fourth-order valence-corrected chi connectivity index (χ4v) is 5.12. The molecule has 0 bridgehead atoms. The molecule has 36 heavy (non-hydrogen) atoms. The van der Waals surface area contributed by atoms with Gasteiger partial charge < -0.3 is 14.9 Å². The average molecular weight is 527 g/mol. The van der Waals surface area contributed by atoms with Gasteiger partial charge in [0.1, 0.15) is 5.75 Å². The molecule has 3 atom stereocenters. The molecule has 0 amide bonds. The molecule has 4 rings (SSSR count). The monoisotopic (exact) mass is 526 g/mol. The van der Waals surface area contributed by atoms with Crippen LogP contribution in [0.1, 0.15) is 36.5 Å². The second-order valence-electron chi connectivity index (χ2n) is 9.01. The van der Waals surface area contributed by atoms with Crippen molar-refractivity contribution in [1.82, 2.24) is 9.88 Å². The molecule has 0 aliphatic carbocycles. The Labute approximate surface area is 220 Å². The number of carboxylic acids is 1. The van der Waals surface area contributed by atoms with E-state index in [9.17, 15) is 15.0 Å². The van der Waals surface area contributed by atoms with E-state index in [0.29, 0.717) is 47.3 Å². The molecule has 0 radical (unpaired) electrons. The third-order valence-electron chi connectivity index (χ3n) is 6.79. The molecule has 2 N–H and O–H groups in total. The first kappa shape index (κ1) is 26.2. The van der Waals surface area contributed by atoms with Crippen molar-refractivity contribution in [3.8, 4) is 17.6 Å². The first-order valence-corrected chi connectivity index (χ1v) is 12.6. The zero-order chi connectivity index (χ0) is 25.7. The zero-order valence-electron chi connectivity index (χ0n) is 20.0. The van der Waals surface area contributed by atoms with Crippen LogP contribution in [0.25, 0.3) is 10.9 Å². The number of benzene rings is 2. The predicted molar refractivity (Wildman–Crippen MR) is 142 cm³/mol. The molecule has 0 saturated carbocycles. The van der Waals surface area contributed by atoms with Crippen molar-refractivity contribution in [3.05, 3.63) is 69.8 Å². The Morgan fingerprint density at radius 2 is 2.11 bits per heavy atom. The molecule has 8 heteroatoms. The van der Waals surface area contributed by atoms with Crippen molar-refractivity contribution in [2.24, 2.45) is 11.8 Å². The van der Waals surface area contributed by atoms with Crippen LogP contribution in [-0.2, 0) is 4.79 Å². The van der Waals surface area contributed by atoms with E-state index in [1.54, 1.807) is 31.5 Å². The van der Waals surface area contributed by atoms with E-state index in [1.807, 2.05) is 24.3 Å². The summed E-state index contributed by atoms with van der Waals surface area (Å²) in [5, 5.41) is 22.6. The summed E-state index contributed by atoms with van der Waals surface area (Å²) >= 11 is 12.2. The maximum absolute atomic E-state index is 12.1. The van der Waals surface area contributed by atoms with Gasteiger partial charge in [0, 0.05) is 23.7 Å². The summed E-state index contributed by atoms with van der Waals surface area (Å²) in [6.45, 7) is 1.62. The molecule has 1 saturated heterocycles. The number of halogens is 2. The van der Waals surface area contributed by atoms with Gasteiger partial charge in [-0.2, -0.15) is 0 Å². The number of hydrogen-bond donors (Lipinski definition) is 2. The molecule has 1 aromatic heterocycles. The van der Waals surface area contributed by atoms with Crippen molar-refractivity contribution in [2.75, 3.05) is 26.7 Å². The summed E-state index contributed by atoms with van der Waals surface area (Å²) in [7, 11) is 1.60. The molecule has 6 nitrogen and oxygen atoms in total. The largest absolute Gasteiger partial charge is 0.497 e. The molecule has 2 heterocycles. The Balaban J connectivity index is 1.38. The number of ether oxygens (including phenoxy) is 1. The number of rotatable bonds is 7. The second-order valence-corrected chi connectivity index (χ2v) is 9.79. The molecule has 1 fully saturated rings. The number of likely N-dealkylation sites (tertiary alicyclic amines) is 1. The highest BCUT2D eigenvalue weighted by Crippen LogP contribution is 2.33. The van der Waals surface area contributed by atoms with Gasteiger partial charge in [-0.15, -0.1) is 0 Å². The molecule has 0 spiro atoms. The topological polar surface area (TPSA) is 82.9 Å². The standard InChI is InChI=1S/C28H28Cl2N2O4/c1-36-20-8-9-25-22(16-20)21(11-13-31-25)26(33)10-7-18-12-15-32(17-23(18)28(34)35)14-3-5-19-4-2-6-24(29)27(19)30/h2,4,6,8-9,11,13,16,18,23,26,33H,7,10,12,14-15,17H2,1H3,(H,34,35)/t18-,23+,26+/m1/s1. The summed E-state index contributed by atoms with van der Waals surface area (Å²) in [5.41, 5.74) is 2.21. The third kappa shape index (κ3) is 6.11. The van der Waals surface area contributed by atoms with Gasteiger partial charge >= 0.3 is 5.97 Å². The van der Waals surface area contributed by atoms with E-state index >= 15 is 0 Å². The summed E-state index contributed by atoms with van der Waals surface area (Å²) in [4.78, 5) is 18.5. The predicted octanol–water partition coefficient (Wildman–Crippen LogP) is 5.44. The summed E-state index contributed by atoms with van der Waals surface area (Å²) < 4.78 is 5.33. The highest BCUT2D eigenvalue weighted by atomic mass is 35.5. The summed E-state index contributed by atoms with van der Waals surface area (Å²) in [5.74, 6) is 5.47. The van der Waals surface area contributed by atoms with Crippen LogP contribution in [0.5, 0.6) is 5.75 Å². The van der Waals surface area contributed by atoms with Crippen LogP contribution in [0, 0.1) is 23.7 Å². The molecular formula is C28H28Cl2N2O4. The number of piperidine rings is 1. The number of aliphatic hydroxyl groups is 1. The number of aliphatic hydroxyl groups excluding tert-OH is 1. The van der Waals surface area contributed by atoms with Crippen LogP contribution in [-0.4, -0.2) is 52.8 Å². The Bertz CT molecular complexity index is 1300. The SMILES string of the molecule is COc1ccc2nccc([C@@H](O)CC[C@@H]3CCN(CC#Cc4cccc(Cl)c4Cl)C[C@@H]3C(=O)O)c2c1. The molecule has 1 aliphatic rings. The highest BCUT2D eigenvalue weighted by molar-refractivity contribution is 6.42. The minimum absolute atomic E-state index is 0.0219. The number of hydrogen-bond acceptors (Lipinski definition) is 5. The van der Waals surface area contributed by atoms with Crippen molar-refractivity contribution in [3.63, 3.8) is 0 Å². The van der Waals surface area contributed by atoms with Gasteiger partial charge in [-0.3, -0.25) is 14.7 Å². The fraction of sp³-hybridized carbons (Fsp3) is 0.357. The normalized spacial score (nSPS) is 18.9. The van der Waals surface area contributed by atoms with Gasteiger partial charge in [0.15, 0.2) is 0 Å². The van der Waals surface area contributed by atoms with Crippen LogP contribution in [0.4, 0.5) is 0 Å². The van der Waals surface area contributed by atoms with Crippen LogP contribution >= 0.6 is 23.2 Å². The molecule has 0 unspecified atom stereocenters. The number of carboxylic acid groups (broad SMARTS) is 1. The lowest BCUT2D eigenvalue weighted by molar-refractivity contribution is -0.146. The number of aromatic nitrogens is 1. The first-order chi connectivity index (χ1) is 17.4. The molecule has 1 aliphatic heterocycles. The number of nitrogens with zero attached hydrogens (tertiary/aromatic N) is 2. The van der Waals surface area contributed by atoms with E-state index in [-0.39, 0.29) is 5.92 Å². The number of methoxy groups -OCH3 is 1. The Morgan fingerprint density at radius 1 is 1.28 bits per heavy atom. The quantitative estimate of drug-likeness (QED) is 0.399. The lowest BCUT2D eigenvalue weighted by atomic mass is 9.81. The van der Waals surface area contributed by atoms with E-state index < -0.39 is 18.0 Å². The van der Waals surface area contributed by atoms with E-state index in [0.717, 1.165) is 29.4 Å². The van der Waals surface area contributed by atoms with Gasteiger partial charge in [0.2, 0.25) is 0 Å². The van der Waals surface area contributed by atoms with E-state index in [1.165, 1.54) is 0 Å². The van der Waals surface area contributed by atoms with Crippen LogP contribution in [0.2, 0.25) is 10.0 Å². The summed E-state index contributed by atoms with van der Waals surface area (Å²) in [6.07, 6.45) is 2.78. The number of aliphatic carboxylic acids is 1. The van der Waals surface area contributed by atoms with Gasteiger partial charge in [-0.05, 0) is 73.7 Å². The maximum Gasteiger partial charge on any atom is 0.308 e. The fourth-order valence-electron chi connectivity index (χ4n) is 4.78. The lowest BCUT2D eigenvalue weighted by Gasteiger charge is -2.36. The van der Waals surface area contributed by atoms with Crippen molar-refractivity contribution in [1.29, 1.82) is 0 Å². The van der Waals surface area contributed by atoms with Gasteiger partial charge in [-0.25, -0.2) is 0 Å².